The number of carbonyl (C=O) groups is 3. The molecular formula is C16H28N2O5. The SMILES string of the molecule is COC(=O)/C=C/[C@@H](NC(=O)[C@H](C)NC(=O)OC(C)(C)C)C(C)C. The quantitative estimate of drug-likeness (QED) is 0.572. The molecule has 23 heavy (non-hydrogen) atoms. The molecule has 0 bridgehead atoms. The van der Waals surface area contributed by atoms with E-state index in [0.29, 0.717) is 0 Å². The lowest BCUT2D eigenvalue weighted by Gasteiger charge is -2.24. The number of methoxy groups -OCH3 is 1. The molecular weight excluding hydrogens is 300 g/mol. The molecule has 0 aromatic carbocycles. The Bertz CT molecular complexity index is 452. The number of alkyl carbamates (subject to hydrolysis) is 1. The topological polar surface area (TPSA) is 93.7 Å². The highest BCUT2D eigenvalue weighted by molar-refractivity contribution is 5.86. The fourth-order valence-corrected chi connectivity index (χ4v) is 1.53. The number of nitrogens with one attached hydrogen (secondary N) is 2. The second kappa shape index (κ2) is 9.17. The largest absolute Gasteiger partial charge is 0.466 e. The average Bonchev–Trinajstić information content (AvgIpc) is 2.39. The van der Waals surface area contributed by atoms with E-state index in [4.69, 9.17) is 4.74 Å². The van der Waals surface area contributed by atoms with Crippen LogP contribution in [0.4, 0.5) is 4.79 Å². The standard InChI is InChI=1S/C16H28N2O5/c1-10(2)12(8-9-13(19)22-7)18-14(20)11(3)17-15(21)23-16(4,5)6/h8-12H,1-7H3,(H,17,21)(H,18,20)/b9-8+/t11-,12+/m0/s1. The monoisotopic (exact) mass is 328 g/mol. The van der Waals surface area contributed by atoms with Crippen molar-refractivity contribution in [3.8, 4) is 0 Å². The Kier molecular flexibility index (Phi) is 8.35. The van der Waals surface area contributed by atoms with Gasteiger partial charge in [0.2, 0.25) is 5.91 Å². The predicted molar refractivity (Wildman–Crippen MR) is 86.8 cm³/mol. The third kappa shape index (κ3) is 9.55. The molecule has 132 valence electrons. The summed E-state index contributed by atoms with van der Waals surface area (Å²) < 4.78 is 9.62. The third-order valence-corrected chi connectivity index (χ3v) is 2.79. The van der Waals surface area contributed by atoms with Gasteiger partial charge in [-0.2, -0.15) is 0 Å². The first-order chi connectivity index (χ1) is 10.5. The van der Waals surface area contributed by atoms with Crippen molar-refractivity contribution in [3.05, 3.63) is 12.2 Å². The van der Waals surface area contributed by atoms with Gasteiger partial charge in [-0.15, -0.1) is 0 Å². The van der Waals surface area contributed by atoms with Crippen molar-refractivity contribution in [2.75, 3.05) is 7.11 Å². The minimum absolute atomic E-state index is 0.0635. The maximum Gasteiger partial charge on any atom is 0.408 e. The summed E-state index contributed by atoms with van der Waals surface area (Å²) in [5, 5.41) is 5.23. The minimum atomic E-state index is -0.766. The number of amides is 2. The molecule has 0 aliphatic carbocycles. The highest BCUT2D eigenvalue weighted by atomic mass is 16.6. The number of rotatable bonds is 6. The first kappa shape index (κ1) is 20.9. The van der Waals surface area contributed by atoms with Crippen molar-refractivity contribution >= 4 is 18.0 Å². The highest BCUT2D eigenvalue weighted by Gasteiger charge is 2.23. The number of ether oxygens (including phenoxy) is 2. The van der Waals surface area contributed by atoms with E-state index in [1.807, 2.05) is 13.8 Å². The molecule has 0 spiro atoms. The zero-order valence-corrected chi connectivity index (χ0v) is 14.9. The van der Waals surface area contributed by atoms with E-state index in [-0.39, 0.29) is 17.9 Å². The molecule has 0 aliphatic rings. The van der Waals surface area contributed by atoms with Crippen molar-refractivity contribution in [2.24, 2.45) is 5.92 Å². The van der Waals surface area contributed by atoms with Gasteiger partial charge < -0.3 is 20.1 Å². The summed E-state index contributed by atoms with van der Waals surface area (Å²) >= 11 is 0. The lowest BCUT2D eigenvalue weighted by atomic mass is 10.0. The molecule has 0 unspecified atom stereocenters. The highest BCUT2D eigenvalue weighted by Crippen LogP contribution is 2.07. The summed E-state index contributed by atoms with van der Waals surface area (Å²) in [6.45, 7) is 10.6. The van der Waals surface area contributed by atoms with Crippen LogP contribution in [0.15, 0.2) is 12.2 Å². The van der Waals surface area contributed by atoms with Crippen LogP contribution in [-0.2, 0) is 19.1 Å². The van der Waals surface area contributed by atoms with E-state index >= 15 is 0 Å². The lowest BCUT2D eigenvalue weighted by Crippen LogP contribution is -2.49. The van der Waals surface area contributed by atoms with Crippen LogP contribution in [-0.4, -0.2) is 42.8 Å². The fourth-order valence-electron chi connectivity index (χ4n) is 1.53. The lowest BCUT2D eigenvalue weighted by molar-refractivity contribution is -0.135. The number of hydrogen-bond donors (Lipinski definition) is 2. The van der Waals surface area contributed by atoms with E-state index in [0.717, 1.165) is 0 Å². The molecule has 0 saturated carbocycles. The Morgan fingerprint density at radius 1 is 1.04 bits per heavy atom. The zero-order valence-electron chi connectivity index (χ0n) is 14.9. The maximum atomic E-state index is 12.1. The van der Waals surface area contributed by atoms with Gasteiger partial charge in [0.05, 0.1) is 13.2 Å². The maximum absolute atomic E-state index is 12.1. The van der Waals surface area contributed by atoms with Crippen molar-refractivity contribution < 1.29 is 23.9 Å². The van der Waals surface area contributed by atoms with Gasteiger partial charge in [-0.05, 0) is 33.6 Å². The zero-order chi connectivity index (χ0) is 18.2. The predicted octanol–water partition coefficient (Wildman–Crippen LogP) is 1.77. The van der Waals surface area contributed by atoms with Crippen molar-refractivity contribution in [1.82, 2.24) is 10.6 Å². The molecule has 0 aromatic heterocycles. The fraction of sp³-hybridized carbons (Fsp3) is 0.688. The van der Waals surface area contributed by atoms with E-state index in [9.17, 15) is 14.4 Å². The summed E-state index contributed by atoms with van der Waals surface area (Å²) in [7, 11) is 1.28. The van der Waals surface area contributed by atoms with Gasteiger partial charge in [0.25, 0.3) is 0 Å². The Balaban J connectivity index is 4.65. The van der Waals surface area contributed by atoms with E-state index in [1.54, 1.807) is 33.8 Å². The summed E-state index contributed by atoms with van der Waals surface area (Å²) in [4.78, 5) is 34.9. The van der Waals surface area contributed by atoms with Crippen LogP contribution >= 0.6 is 0 Å². The van der Waals surface area contributed by atoms with Crippen LogP contribution in [0.3, 0.4) is 0 Å². The summed E-state index contributed by atoms with van der Waals surface area (Å²) in [6, 6.07) is -1.12. The molecule has 0 radical (unpaired) electrons. The second-order valence-electron chi connectivity index (χ2n) is 6.53. The van der Waals surface area contributed by atoms with Gasteiger partial charge in [-0.25, -0.2) is 9.59 Å². The molecule has 7 nitrogen and oxygen atoms in total. The number of esters is 1. The first-order valence-electron chi connectivity index (χ1n) is 7.52. The Morgan fingerprint density at radius 2 is 1.61 bits per heavy atom. The van der Waals surface area contributed by atoms with Gasteiger partial charge in [0.1, 0.15) is 11.6 Å². The molecule has 0 fully saturated rings. The van der Waals surface area contributed by atoms with Gasteiger partial charge in [0, 0.05) is 6.08 Å². The molecule has 2 amide bonds. The minimum Gasteiger partial charge on any atom is -0.466 e. The number of carbonyl (C=O) groups excluding carboxylic acids is 3. The molecule has 2 atom stereocenters. The number of hydrogen-bond acceptors (Lipinski definition) is 5. The average molecular weight is 328 g/mol. The van der Waals surface area contributed by atoms with Crippen LogP contribution in [0.25, 0.3) is 0 Å². The molecule has 0 heterocycles. The van der Waals surface area contributed by atoms with E-state index in [2.05, 4.69) is 15.4 Å². The second-order valence-corrected chi connectivity index (χ2v) is 6.53. The Labute approximate surface area is 137 Å². The van der Waals surface area contributed by atoms with Crippen molar-refractivity contribution in [1.29, 1.82) is 0 Å². The van der Waals surface area contributed by atoms with Crippen LogP contribution in [0.2, 0.25) is 0 Å². The summed E-state index contributed by atoms with van der Waals surface area (Å²) in [5.41, 5.74) is -0.635. The molecule has 0 saturated heterocycles. The molecule has 0 aliphatic heterocycles. The molecule has 7 heteroatoms. The van der Waals surface area contributed by atoms with Crippen molar-refractivity contribution in [2.45, 2.75) is 59.2 Å². The van der Waals surface area contributed by atoms with Crippen LogP contribution in [0, 0.1) is 5.92 Å². The Hall–Kier alpha value is -2.05. The third-order valence-electron chi connectivity index (χ3n) is 2.79. The Morgan fingerprint density at radius 3 is 2.04 bits per heavy atom. The van der Waals surface area contributed by atoms with E-state index < -0.39 is 23.7 Å². The molecule has 2 N–H and O–H groups in total. The van der Waals surface area contributed by atoms with E-state index in [1.165, 1.54) is 13.2 Å². The van der Waals surface area contributed by atoms with Crippen LogP contribution in [0.1, 0.15) is 41.5 Å². The normalized spacial score (nSPS) is 14.3. The van der Waals surface area contributed by atoms with Gasteiger partial charge in [-0.3, -0.25) is 4.79 Å². The molecule has 0 rings (SSSR count). The van der Waals surface area contributed by atoms with Gasteiger partial charge in [-0.1, -0.05) is 19.9 Å². The van der Waals surface area contributed by atoms with Gasteiger partial charge in [0.15, 0.2) is 0 Å². The first-order valence-corrected chi connectivity index (χ1v) is 7.52. The molecule has 0 aromatic rings. The summed E-state index contributed by atoms with van der Waals surface area (Å²) in [6.07, 6.45) is 2.16. The van der Waals surface area contributed by atoms with Crippen molar-refractivity contribution in [3.63, 3.8) is 0 Å². The van der Waals surface area contributed by atoms with Crippen LogP contribution < -0.4 is 10.6 Å². The van der Waals surface area contributed by atoms with Gasteiger partial charge >= 0.3 is 12.1 Å². The smallest absolute Gasteiger partial charge is 0.408 e. The van der Waals surface area contributed by atoms with Crippen LogP contribution in [0.5, 0.6) is 0 Å². The summed E-state index contributed by atoms with van der Waals surface area (Å²) in [5.74, 6) is -0.803.